The first-order valence-electron chi connectivity index (χ1n) is 10.6. The lowest BCUT2D eigenvalue weighted by Crippen LogP contribution is -2.53. The first-order valence-corrected chi connectivity index (χ1v) is 10.9. The lowest BCUT2D eigenvalue weighted by atomic mass is 9.82. The Morgan fingerprint density at radius 3 is 2.52 bits per heavy atom. The van der Waals surface area contributed by atoms with Crippen LogP contribution in [0.25, 0.3) is 0 Å². The Bertz CT molecular complexity index is 997. The summed E-state index contributed by atoms with van der Waals surface area (Å²) in [6, 6.07) is 10.8. The minimum atomic E-state index is -0.566. The zero-order valence-corrected chi connectivity index (χ0v) is 18.5. The summed E-state index contributed by atoms with van der Waals surface area (Å²) in [5, 5.41) is 0.568. The Kier molecular flexibility index (Phi) is 6.10. The third-order valence-corrected chi connectivity index (χ3v) is 6.31. The van der Waals surface area contributed by atoms with Gasteiger partial charge in [0.05, 0.1) is 18.6 Å². The van der Waals surface area contributed by atoms with Crippen LogP contribution in [0.1, 0.15) is 42.1 Å². The molecular formula is C24H26ClNO5. The summed E-state index contributed by atoms with van der Waals surface area (Å²) >= 11 is 6.17. The predicted octanol–water partition coefficient (Wildman–Crippen LogP) is 4.45. The molecule has 1 amide bonds. The molecule has 0 unspecified atom stereocenters. The number of carbonyl (C=O) groups excluding carboxylic acids is 2. The molecule has 31 heavy (non-hydrogen) atoms. The average molecular weight is 444 g/mol. The van der Waals surface area contributed by atoms with Crippen molar-refractivity contribution < 1.29 is 23.8 Å². The highest BCUT2D eigenvalue weighted by atomic mass is 35.5. The molecule has 4 rings (SSSR count). The van der Waals surface area contributed by atoms with Crippen LogP contribution in [-0.4, -0.2) is 48.5 Å². The first-order chi connectivity index (χ1) is 14.9. The van der Waals surface area contributed by atoms with E-state index in [2.05, 4.69) is 0 Å². The summed E-state index contributed by atoms with van der Waals surface area (Å²) in [4.78, 5) is 27.2. The van der Waals surface area contributed by atoms with Gasteiger partial charge in [-0.25, -0.2) is 0 Å². The third kappa shape index (κ3) is 4.49. The largest absolute Gasteiger partial charge is 0.490 e. The van der Waals surface area contributed by atoms with Gasteiger partial charge in [-0.2, -0.15) is 0 Å². The van der Waals surface area contributed by atoms with Crippen LogP contribution in [0.3, 0.4) is 0 Å². The molecular weight excluding hydrogens is 418 g/mol. The van der Waals surface area contributed by atoms with Crippen molar-refractivity contribution in [3.8, 4) is 17.2 Å². The molecule has 0 bridgehead atoms. The van der Waals surface area contributed by atoms with Crippen LogP contribution in [0.5, 0.6) is 17.2 Å². The van der Waals surface area contributed by atoms with Crippen molar-refractivity contribution >= 4 is 23.3 Å². The number of ether oxygens (including phenoxy) is 3. The Labute approximate surface area is 187 Å². The first kappa shape index (κ1) is 21.5. The summed E-state index contributed by atoms with van der Waals surface area (Å²) in [5.74, 6) is 1.72. The molecule has 0 N–H and O–H groups in total. The van der Waals surface area contributed by atoms with Gasteiger partial charge >= 0.3 is 0 Å². The Balaban J connectivity index is 1.37. The van der Waals surface area contributed by atoms with Crippen LogP contribution >= 0.6 is 11.6 Å². The number of rotatable bonds is 5. The quantitative estimate of drug-likeness (QED) is 0.683. The molecule has 7 heteroatoms. The molecule has 0 aliphatic carbocycles. The number of fused-ring (bicyclic) bond motifs is 1. The van der Waals surface area contributed by atoms with Crippen LogP contribution in [0.15, 0.2) is 36.4 Å². The molecule has 2 aromatic carbocycles. The van der Waals surface area contributed by atoms with Crippen molar-refractivity contribution in [2.45, 2.75) is 38.7 Å². The van der Waals surface area contributed by atoms with E-state index in [4.69, 9.17) is 25.8 Å². The van der Waals surface area contributed by atoms with Gasteiger partial charge in [-0.05, 0) is 43.7 Å². The molecule has 2 aromatic rings. The van der Waals surface area contributed by atoms with Crippen molar-refractivity contribution in [3.05, 3.63) is 52.5 Å². The van der Waals surface area contributed by atoms with Crippen molar-refractivity contribution in [1.82, 2.24) is 4.90 Å². The van der Waals surface area contributed by atoms with E-state index in [1.165, 1.54) is 0 Å². The van der Waals surface area contributed by atoms with Crippen LogP contribution in [-0.2, 0) is 4.79 Å². The van der Waals surface area contributed by atoms with Gasteiger partial charge in [0.1, 0.15) is 11.4 Å². The highest BCUT2D eigenvalue weighted by Gasteiger charge is 2.43. The zero-order chi connectivity index (χ0) is 22.0. The number of nitrogens with zero attached hydrogens (tertiary/aromatic N) is 1. The van der Waals surface area contributed by atoms with Gasteiger partial charge in [-0.15, -0.1) is 0 Å². The molecule has 0 radical (unpaired) electrons. The monoisotopic (exact) mass is 443 g/mol. The van der Waals surface area contributed by atoms with Gasteiger partial charge < -0.3 is 19.1 Å². The minimum absolute atomic E-state index is 0.0405. The fraction of sp³-hybridized carbons (Fsp3) is 0.417. The summed E-state index contributed by atoms with van der Waals surface area (Å²) in [6.45, 7) is 5.29. The van der Waals surface area contributed by atoms with Crippen LogP contribution in [0, 0.1) is 6.92 Å². The minimum Gasteiger partial charge on any atom is -0.490 e. The lowest BCUT2D eigenvalue weighted by Gasteiger charge is -2.44. The van der Waals surface area contributed by atoms with E-state index < -0.39 is 5.60 Å². The van der Waals surface area contributed by atoms with Gasteiger partial charge in [0.15, 0.2) is 23.9 Å². The molecule has 1 fully saturated rings. The Morgan fingerprint density at radius 2 is 1.84 bits per heavy atom. The number of halogens is 1. The summed E-state index contributed by atoms with van der Waals surface area (Å²) in [6.07, 6.45) is 1.50. The van der Waals surface area contributed by atoms with Gasteiger partial charge in [0, 0.05) is 31.0 Å². The number of para-hydroxylation sites is 2. The molecule has 0 saturated carbocycles. The van der Waals surface area contributed by atoms with E-state index in [0.29, 0.717) is 66.8 Å². The molecule has 1 spiro atoms. The maximum atomic E-state index is 12.7. The Hall–Kier alpha value is -2.73. The van der Waals surface area contributed by atoms with E-state index in [9.17, 15) is 9.59 Å². The van der Waals surface area contributed by atoms with Crippen molar-refractivity contribution in [1.29, 1.82) is 0 Å². The second-order valence-electron chi connectivity index (χ2n) is 8.03. The van der Waals surface area contributed by atoms with E-state index >= 15 is 0 Å². The number of benzene rings is 2. The van der Waals surface area contributed by atoms with Crippen molar-refractivity contribution in [2.75, 3.05) is 26.3 Å². The summed E-state index contributed by atoms with van der Waals surface area (Å²) in [7, 11) is 0. The predicted molar refractivity (Wildman–Crippen MR) is 117 cm³/mol. The molecule has 2 aliphatic heterocycles. The number of aryl methyl sites for hydroxylation is 1. The third-order valence-electron chi connectivity index (χ3n) is 5.90. The molecule has 6 nitrogen and oxygen atoms in total. The lowest BCUT2D eigenvalue weighted by molar-refractivity contribution is -0.136. The standard InChI is InChI=1S/C24H26ClNO5/c1-3-29-20-6-4-5-7-21(20)30-15-23(28)26-10-8-24(9-11-26)14-19(27)17-13-18(25)16(2)12-22(17)31-24/h4-7,12-13H,3,8-11,14-15H2,1-2H3. The highest BCUT2D eigenvalue weighted by Crippen LogP contribution is 2.41. The average Bonchev–Trinajstić information content (AvgIpc) is 2.75. The summed E-state index contributed by atoms with van der Waals surface area (Å²) < 4.78 is 17.6. The topological polar surface area (TPSA) is 65.1 Å². The normalized spacial score (nSPS) is 17.1. The molecule has 2 aliphatic rings. The van der Waals surface area contributed by atoms with Crippen LogP contribution in [0.4, 0.5) is 0 Å². The molecule has 2 heterocycles. The van der Waals surface area contributed by atoms with E-state index in [1.807, 2.05) is 38.1 Å². The second kappa shape index (κ2) is 8.79. The fourth-order valence-corrected chi connectivity index (χ4v) is 4.30. The number of amides is 1. The number of hydrogen-bond donors (Lipinski definition) is 0. The molecule has 164 valence electrons. The maximum absolute atomic E-state index is 12.7. The number of hydrogen-bond acceptors (Lipinski definition) is 5. The van der Waals surface area contributed by atoms with Crippen LogP contribution < -0.4 is 14.2 Å². The number of ketones is 1. The van der Waals surface area contributed by atoms with E-state index in [0.717, 1.165) is 5.56 Å². The maximum Gasteiger partial charge on any atom is 0.260 e. The zero-order valence-electron chi connectivity index (χ0n) is 17.8. The summed E-state index contributed by atoms with van der Waals surface area (Å²) in [5.41, 5.74) is 0.854. The fourth-order valence-electron chi connectivity index (χ4n) is 4.13. The van der Waals surface area contributed by atoms with Gasteiger partial charge in [0.25, 0.3) is 5.91 Å². The number of piperidine rings is 1. The smallest absolute Gasteiger partial charge is 0.260 e. The number of likely N-dealkylation sites (tertiary alicyclic amines) is 1. The SMILES string of the molecule is CCOc1ccccc1OCC(=O)N1CCC2(CC1)CC(=O)c1cc(Cl)c(C)cc1O2. The number of carbonyl (C=O) groups is 2. The van der Waals surface area contributed by atoms with Gasteiger partial charge in [-0.1, -0.05) is 23.7 Å². The second-order valence-corrected chi connectivity index (χ2v) is 8.44. The van der Waals surface area contributed by atoms with E-state index in [1.54, 1.807) is 17.0 Å². The highest BCUT2D eigenvalue weighted by molar-refractivity contribution is 6.31. The van der Waals surface area contributed by atoms with Crippen LogP contribution in [0.2, 0.25) is 5.02 Å². The Morgan fingerprint density at radius 1 is 1.16 bits per heavy atom. The molecule has 0 atom stereocenters. The number of Topliss-reactive ketones (excluding diaryl/α,β-unsaturated/α-hetero) is 1. The molecule has 1 saturated heterocycles. The molecule has 0 aromatic heterocycles. The van der Waals surface area contributed by atoms with E-state index in [-0.39, 0.29) is 18.3 Å². The van der Waals surface area contributed by atoms with Gasteiger partial charge in [0.2, 0.25) is 0 Å². The van der Waals surface area contributed by atoms with Crippen molar-refractivity contribution in [2.24, 2.45) is 0 Å². The van der Waals surface area contributed by atoms with Gasteiger partial charge in [-0.3, -0.25) is 9.59 Å². The van der Waals surface area contributed by atoms with Crippen molar-refractivity contribution in [3.63, 3.8) is 0 Å².